The Hall–Kier alpha value is -1.16. The zero-order valence-electron chi connectivity index (χ0n) is 9.43. The van der Waals surface area contributed by atoms with Crippen LogP contribution < -0.4 is 5.32 Å². The van der Waals surface area contributed by atoms with Gasteiger partial charge in [0.05, 0.1) is 9.99 Å². The van der Waals surface area contributed by atoms with Crippen molar-refractivity contribution >= 4 is 32.5 Å². The molecule has 0 unspecified atom stereocenters. The molecule has 17 heavy (non-hydrogen) atoms. The van der Waals surface area contributed by atoms with Gasteiger partial charge in [-0.25, -0.2) is 4.39 Å². The first-order chi connectivity index (χ1) is 8.19. The van der Waals surface area contributed by atoms with Gasteiger partial charge in [0.1, 0.15) is 5.82 Å². The third-order valence-corrected chi connectivity index (χ3v) is 3.74. The molecule has 2 aromatic rings. The van der Waals surface area contributed by atoms with Gasteiger partial charge in [0.15, 0.2) is 0 Å². The highest BCUT2D eigenvalue weighted by molar-refractivity contribution is 9.10. The Morgan fingerprint density at radius 3 is 2.76 bits per heavy atom. The van der Waals surface area contributed by atoms with Crippen molar-refractivity contribution in [3.05, 3.63) is 34.2 Å². The van der Waals surface area contributed by atoms with E-state index in [0.717, 1.165) is 22.3 Å². The van der Waals surface area contributed by atoms with Crippen molar-refractivity contribution in [1.82, 2.24) is 4.98 Å². The number of rotatable bonds is 2. The summed E-state index contributed by atoms with van der Waals surface area (Å²) in [6.07, 6.45) is 2.39. The molecule has 1 fully saturated rings. The maximum Gasteiger partial charge on any atom is 0.139 e. The van der Waals surface area contributed by atoms with Gasteiger partial charge >= 0.3 is 0 Å². The summed E-state index contributed by atoms with van der Waals surface area (Å²) in [6.45, 7) is 0. The van der Waals surface area contributed by atoms with Crippen LogP contribution in [0.25, 0.3) is 10.9 Å². The van der Waals surface area contributed by atoms with Crippen LogP contribution in [0.4, 0.5) is 10.1 Å². The van der Waals surface area contributed by atoms with Gasteiger partial charge < -0.3 is 5.32 Å². The predicted octanol–water partition coefficient (Wildman–Crippen LogP) is 4.06. The van der Waals surface area contributed by atoms with Gasteiger partial charge in [-0.2, -0.15) is 0 Å². The molecule has 0 amide bonds. The van der Waals surface area contributed by atoms with Crippen LogP contribution in [0, 0.1) is 5.82 Å². The minimum Gasteiger partial charge on any atom is -0.388 e. The number of nitrogens with one attached hydrogen (secondary N) is 1. The van der Waals surface area contributed by atoms with E-state index in [9.17, 15) is 4.39 Å². The lowest BCUT2D eigenvalue weighted by atomic mass is 10.1. The molecule has 1 saturated carbocycles. The maximum atomic E-state index is 13.5. The van der Waals surface area contributed by atoms with Gasteiger partial charge in [-0.05, 0) is 40.9 Å². The highest BCUT2D eigenvalue weighted by Gasteiger charge is 2.26. The fourth-order valence-corrected chi connectivity index (χ4v) is 2.38. The Balaban J connectivity index is 2.28. The van der Waals surface area contributed by atoms with E-state index in [-0.39, 0.29) is 5.82 Å². The lowest BCUT2D eigenvalue weighted by molar-refractivity contribution is 0.622. The average molecular weight is 295 g/mol. The molecule has 0 aliphatic heterocycles. The Labute approximate surface area is 107 Å². The molecule has 1 aromatic heterocycles. The first-order valence-corrected chi connectivity index (χ1v) is 6.46. The number of nitrogens with zero attached hydrogens (tertiary/aromatic N) is 1. The van der Waals surface area contributed by atoms with Gasteiger partial charge in [-0.3, -0.25) is 4.98 Å². The Bertz CT molecular complexity index is 593. The SMILES string of the molecule is CNc1cc(C2CC2)nc2cc(F)c(Br)cc12. The van der Waals surface area contributed by atoms with Crippen molar-refractivity contribution in [2.75, 3.05) is 12.4 Å². The Morgan fingerprint density at radius 2 is 2.12 bits per heavy atom. The van der Waals surface area contributed by atoms with Crippen LogP contribution >= 0.6 is 15.9 Å². The molecule has 0 atom stereocenters. The van der Waals surface area contributed by atoms with E-state index in [0.29, 0.717) is 10.4 Å². The standard InChI is InChI=1S/C13H12BrFN2/c1-16-12-6-11(7-2-3-7)17-13-5-10(15)9(14)4-8(12)13/h4-7H,2-3H2,1H3,(H,16,17). The van der Waals surface area contributed by atoms with Gasteiger partial charge in [-0.15, -0.1) is 0 Å². The molecule has 0 saturated heterocycles. The smallest absolute Gasteiger partial charge is 0.139 e. The van der Waals surface area contributed by atoms with Gasteiger partial charge in [0, 0.05) is 35.8 Å². The van der Waals surface area contributed by atoms with Crippen molar-refractivity contribution in [3.8, 4) is 0 Å². The summed E-state index contributed by atoms with van der Waals surface area (Å²) in [7, 11) is 1.88. The summed E-state index contributed by atoms with van der Waals surface area (Å²) in [5.74, 6) is 0.304. The Morgan fingerprint density at radius 1 is 1.35 bits per heavy atom. The number of anilines is 1. The molecule has 88 valence electrons. The maximum absolute atomic E-state index is 13.5. The normalized spacial score (nSPS) is 15.2. The molecule has 1 N–H and O–H groups in total. The Kier molecular flexibility index (Phi) is 2.54. The van der Waals surface area contributed by atoms with Crippen molar-refractivity contribution in [1.29, 1.82) is 0 Å². The molecule has 1 aliphatic rings. The van der Waals surface area contributed by atoms with Gasteiger partial charge in [-0.1, -0.05) is 0 Å². The second-order valence-electron chi connectivity index (χ2n) is 4.40. The minimum atomic E-state index is -0.264. The highest BCUT2D eigenvalue weighted by Crippen LogP contribution is 2.41. The van der Waals surface area contributed by atoms with E-state index in [1.807, 2.05) is 7.05 Å². The van der Waals surface area contributed by atoms with Gasteiger partial charge in [0.25, 0.3) is 0 Å². The molecule has 4 heteroatoms. The lowest BCUT2D eigenvalue weighted by Gasteiger charge is -2.09. The molecule has 0 bridgehead atoms. The lowest BCUT2D eigenvalue weighted by Crippen LogP contribution is -1.96. The number of hydrogen-bond donors (Lipinski definition) is 1. The first-order valence-electron chi connectivity index (χ1n) is 5.66. The highest BCUT2D eigenvalue weighted by atomic mass is 79.9. The van der Waals surface area contributed by atoms with Crippen LogP contribution in [0.3, 0.4) is 0 Å². The fourth-order valence-electron chi connectivity index (χ4n) is 2.04. The third-order valence-electron chi connectivity index (χ3n) is 3.14. The fraction of sp³-hybridized carbons (Fsp3) is 0.308. The second kappa shape index (κ2) is 3.95. The monoisotopic (exact) mass is 294 g/mol. The van der Waals surface area contributed by atoms with Gasteiger partial charge in [0.2, 0.25) is 0 Å². The predicted molar refractivity (Wildman–Crippen MR) is 70.9 cm³/mol. The van der Waals surface area contributed by atoms with Crippen molar-refractivity contribution in [3.63, 3.8) is 0 Å². The van der Waals surface area contributed by atoms with Crippen LogP contribution in [0.5, 0.6) is 0 Å². The van der Waals surface area contributed by atoms with E-state index >= 15 is 0 Å². The summed E-state index contributed by atoms with van der Waals surface area (Å²) < 4.78 is 14.0. The summed E-state index contributed by atoms with van der Waals surface area (Å²) in [4.78, 5) is 4.55. The molecule has 1 aliphatic carbocycles. The third kappa shape index (κ3) is 1.90. The van der Waals surface area contributed by atoms with Crippen LogP contribution in [-0.2, 0) is 0 Å². The molecular formula is C13H12BrFN2. The van der Waals surface area contributed by atoms with Crippen molar-refractivity contribution < 1.29 is 4.39 Å². The topological polar surface area (TPSA) is 24.9 Å². The minimum absolute atomic E-state index is 0.264. The van der Waals surface area contributed by atoms with E-state index < -0.39 is 0 Å². The van der Waals surface area contributed by atoms with E-state index in [4.69, 9.17) is 0 Å². The van der Waals surface area contributed by atoms with E-state index in [1.165, 1.54) is 18.9 Å². The first kappa shape index (κ1) is 11.0. The summed E-state index contributed by atoms with van der Waals surface area (Å²) in [5, 5.41) is 4.11. The number of benzene rings is 1. The van der Waals surface area contributed by atoms with Crippen LogP contribution in [0.15, 0.2) is 22.7 Å². The number of aromatic nitrogens is 1. The zero-order valence-corrected chi connectivity index (χ0v) is 11.0. The number of fused-ring (bicyclic) bond motifs is 1. The summed E-state index contributed by atoms with van der Waals surface area (Å²) in [6, 6.07) is 5.34. The van der Waals surface area contributed by atoms with E-state index in [1.54, 1.807) is 6.07 Å². The molecule has 0 radical (unpaired) electrons. The summed E-state index contributed by atoms with van der Waals surface area (Å²) >= 11 is 3.21. The molecular weight excluding hydrogens is 283 g/mol. The van der Waals surface area contributed by atoms with Crippen molar-refractivity contribution in [2.45, 2.75) is 18.8 Å². The van der Waals surface area contributed by atoms with Crippen molar-refractivity contribution in [2.24, 2.45) is 0 Å². The molecule has 1 aromatic carbocycles. The molecule has 1 heterocycles. The average Bonchev–Trinajstić information content (AvgIpc) is 3.13. The van der Waals surface area contributed by atoms with Crippen LogP contribution in [0.1, 0.15) is 24.5 Å². The number of halogens is 2. The summed E-state index contributed by atoms with van der Waals surface area (Å²) in [5.41, 5.74) is 2.81. The molecule has 0 spiro atoms. The number of hydrogen-bond acceptors (Lipinski definition) is 2. The largest absolute Gasteiger partial charge is 0.388 e. The molecule has 2 nitrogen and oxygen atoms in total. The zero-order chi connectivity index (χ0) is 12.0. The van der Waals surface area contributed by atoms with Crippen LogP contribution in [0.2, 0.25) is 0 Å². The molecule has 3 rings (SSSR count). The quantitative estimate of drug-likeness (QED) is 0.904. The second-order valence-corrected chi connectivity index (χ2v) is 5.26. The van der Waals surface area contributed by atoms with Crippen LogP contribution in [-0.4, -0.2) is 12.0 Å². The number of pyridine rings is 1. The van der Waals surface area contributed by atoms with E-state index in [2.05, 4.69) is 32.3 Å².